The lowest BCUT2D eigenvalue weighted by atomic mass is 10.0. The van der Waals surface area contributed by atoms with Crippen LogP contribution in [0.15, 0.2) is 29.2 Å². The molecule has 1 aliphatic rings. The van der Waals surface area contributed by atoms with E-state index in [0.717, 1.165) is 12.3 Å². The van der Waals surface area contributed by atoms with E-state index in [1.165, 1.54) is 16.7 Å². The van der Waals surface area contributed by atoms with E-state index in [1.807, 2.05) is 18.8 Å². The van der Waals surface area contributed by atoms with Gasteiger partial charge in [-0.15, -0.1) is 11.8 Å². The number of hydrogen-bond donors (Lipinski definition) is 0. The van der Waals surface area contributed by atoms with Crippen LogP contribution >= 0.6 is 11.8 Å². The largest absolute Gasteiger partial charge is 0.305 e. The van der Waals surface area contributed by atoms with Crippen LogP contribution in [0.4, 0.5) is 0 Å². The highest BCUT2D eigenvalue weighted by Gasteiger charge is 2.23. The van der Waals surface area contributed by atoms with Crippen molar-refractivity contribution in [1.29, 1.82) is 0 Å². The van der Waals surface area contributed by atoms with Gasteiger partial charge in [0.25, 0.3) is 0 Å². The molecule has 1 heterocycles. The van der Waals surface area contributed by atoms with E-state index in [1.54, 1.807) is 0 Å². The van der Waals surface area contributed by atoms with Gasteiger partial charge in [-0.05, 0) is 18.7 Å². The van der Waals surface area contributed by atoms with Crippen LogP contribution in [0.25, 0.3) is 0 Å². The summed E-state index contributed by atoms with van der Waals surface area (Å²) in [4.78, 5) is 3.49. The van der Waals surface area contributed by atoms with Crippen LogP contribution in [0, 0.1) is 0 Å². The van der Waals surface area contributed by atoms with Gasteiger partial charge in [0.2, 0.25) is 0 Å². The number of hydrogen-bond acceptors (Lipinski definition) is 4. The molecule has 0 aromatic heterocycles. The fourth-order valence-corrected chi connectivity index (χ4v) is 4.05. The lowest BCUT2D eigenvalue weighted by Gasteiger charge is -2.20. The fourth-order valence-electron chi connectivity index (χ4n) is 2.17. The van der Waals surface area contributed by atoms with Crippen LogP contribution in [0.2, 0.25) is 0 Å². The highest BCUT2D eigenvalue weighted by atomic mass is 32.2. The quantitative estimate of drug-likeness (QED) is 0.827. The second kappa shape index (κ2) is 5.63. The average Bonchev–Trinajstić information content (AvgIpc) is 2.70. The molecule has 0 N–H and O–H groups in total. The van der Waals surface area contributed by atoms with Gasteiger partial charge in [-0.1, -0.05) is 18.2 Å². The van der Waals surface area contributed by atoms with E-state index in [4.69, 9.17) is 0 Å². The molecule has 2 rings (SSSR count). The minimum absolute atomic E-state index is 0.241. The number of rotatable bonds is 5. The van der Waals surface area contributed by atoms with Gasteiger partial charge in [0, 0.05) is 35.9 Å². The molecule has 0 amide bonds. The van der Waals surface area contributed by atoms with Crippen molar-refractivity contribution >= 4 is 21.6 Å². The topological polar surface area (TPSA) is 37.4 Å². The molecular weight excluding hydrogens is 266 g/mol. The molecule has 0 bridgehead atoms. The summed E-state index contributed by atoms with van der Waals surface area (Å²) in [7, 11) is -0.863. The van der Waals surface area contributed by atoms with E-state index >= 15 is 0 Å². The lowest BCUT2D eigenvalue weighted by Crippen LogP contribution is -2.29. The van der Waals surface area contributed by atoms with E-state index in [0.29, 0.717) is 12.5 Å². The van der Waals surface area contributed by atoms with E-state index < -0.39 is 9.84 Å². The van der Waals surface area contributed by atoms with E-state index in [9.17, 15) is 8.42 Å². The number of nitrogens with zero attached hydrogens (tertiary/aromatic N) is 1. The van der Waals surface area contributed by atoms with Crippen molar-refractivity contribution in [2.24, 2.45) is 0 Å². The Morgan fingerprint density at radius 2 is 2.11 bits per heavy atom. The van der Waals surface area contributed by atoms with Gasteiger partial charge in [0.15, 0.2) is 0 Å². The molecule has 1 aliphatic heterocycles. The zero-order valence-corrected chi connectivity index (χ0v) is 12.4. The third-order valence-electron chi connectivity index (χ3n) is 3.17. The Morgan fingerprint density at radius 3 is 2.83 bits per heavy atom. The molecule has 1 aromatic rings. The fraction of sp³-hybridized carbons (Fsp3) is 0.538. The van der Waals surface area contributed by atoms with Crippen molar-refractivity contribution in [3.8, 4) is 0 Å². The molecule has 0 aliphatic carbocycles. The first-order valence-corrected chi connectivity index (χ1v) is 9.08. The maximum Gasteiger partial charge on any atom is 0.148 e. The maximum absolute atomic E-state index is 11.1. The van der Waals surface area contributed by atoms with Crippen molar-refractivity contribution < 1.29 is 8.42 Å². The molecule has 0 radical (unpaired) electrons. The number of thioether (sulfide) groups is 1. The Morgan fingerprint density at radius 1 is 1.39 bits per heavy atom. The number of fused-ring (bicyclic) bond motifs is 1. The van der Waals surface area contributed by atoms with Crippen molar-refractivity contribution in [3.05, 3.63) is 29.8 Å². The molecule has 18 heavy (non-hydrogen) atoms. The molecule has 0 spiro atoms. The number of benzene rings is 1. The first-order valence-electron chi connectivity index (χ1n) is 6.04. The first kappa shape index (κ1) is 13.9. The predicted octanol–water partition coefficient (Wildman–Crippen LogP) is 1.85. The van der Waals surface area contributed by atoms with E-state index in [-0.39, 0.29) is 5.75 Å². The summed E-state index contributed by atoms with van der Waals surface area (Å²) in [6.45, 7) is 1.54. The van der Waals surface area contributed by atoms with Crippen molar-refractivity contribution in [3.63, 3.8) is 0 Å². The maximum atomic E-state index is 11.1. The Hall–Kier alpha value is -0.520. The summed E-state index contributed by atoms with van der Waals surface area (Å²) < 4.78 is 22.3. The average molecular weight is 285 g/mol. The van der Waals surface area contributed by atoms with Crippen LogP contribution < -0.4 is 0 Å². The van der Waals surface area contributed by atoms with E-state index in [2.05, 4.69) is 29.2 Å². The van der Waals surface area contributed by atoms with Crippen molar-refractivity contribution in [2.75, 3.05) is 37.9 Å². The second-order valence-corrected chi connectivity index (χ2v) is 8.26. The predicted molar refractivity (Wildman–Crippen MR) is 77.1 cm³/mol. The summed E-state index contributed by atoms with van der Waals surface area (Å²) in [5, 5.41) is 0. The molecule has 0 saturated heterocycles. The van der Waals surface area contributed by atoms with Crippen LogP contribution in [-0.2, 0) is 9.84 Å². The molecular formula is C13H19NO2S2. The van der Waals surface area contributed by atoms with Gasteiger partial charge >= 0.3 is 0 Å². The summed E-state index contributed by atoms with van der Waals surface area (Å²) in [6, 6.07) is 8.50. The van der Waals surface area contributed by atoms with Gasteiger partial charge in [0.05, 0.1) is 5.75 Å². The van der Waals surface area contributed by atoms with Crippen LogP contribution in [0.3, 0.4) is 0 Å². The standard InChI is InChI=1S/C13H19NO2S2/c1-14(7-8-18(2,15)16)9-11-10-17-13-6-4-3-5-12(11)13/h3-6,11H,7-10H2,1-2H3. The Kier molecular flexibility index (Phi) is 4.35. The van der Waals surface area contributed by atoms with Crippen LogP contribution in [0.1, 0.15) is 11.5 Å². The second-order valence-electron chi connectivity index (χ2n) is 4.94. The molecule has 0 fully saturated rings. The Balaban J connectivity index is 1.91. The van der Waals surface area contributed by atoms with Crippen molar-refractivity contribution in [1.82, 2.24) is 4.90 Å². The highest BCUT2D eigenvalue weighted by molar-refractivity contribution is 7.99. The Bertz CT molecular complexity index is 513. The highest BCUT2D eigenvalue weighted by Crippen LogP contribution is 2.39. The van der Waals surface area contributed by atoms with Crippen molar-refractivity contribution in [2.45, 2.75) is 10.8 Å². The van der Waals surface area contributed by atoms with Gasteiger partial charge in [0.1, 0.15) is 9.84 Å². The third kappa shape index (κ3) is 3.73. The molecule has 100 valence electrons. The zero-order valence-electron chi connectivity index (χ0n) is 10.8. The third-order valence-corrected chi connectivity index (χ3v) is 5.35. The van der Waals surface area contributed by atoms with Gasteiger partial charge < -0.3 is 4.90 Å². The van der Waals surface area contributed by atoms with Gasteiger partial charge in [-0.3, -0.25) is 0 Å². The molecule has 3 nitrogen and oxygen atoms in total. The molecule has 1 aromatic carbocycles. The summed E-state index contributed by atoms with van der Waals surface area (Å²) in [5.41, 5.74) is 1.41. The van der Waals surface area contributed by atoms with Gasteiger partial charge in [-0.2, -0.15) is 0 Å². The smallest absolute Gasteiger partial charge is 0.148 e. The van der Waals surface area contributed by atoms with Crippen LogP contribution in [0.5, 0.6) is 0 Å². The Labute approximate surface area is 113 Å². The zero-order chi connectivity index (χ0) is 13.2. The summed E-state index contributed by atoms with van der Waals surface area (Å²) in [6.07, 6.45) is 1.29. The number of sulfone groups is 1. The first-order chi connectivity index (χ1) is 8.46. The number of likely N-dealkylation sites (N-methyl/N-ethyl adjacent to an activating group) is 1. The SMILES string of the molecule is CN(CCS(C)(=O)=O)CC1CSc2ccccc21. The molecule has 1 unspecified atom stereocenters. The normalized spacial score (nSPS) is 19.2. The summed E-state index contributed by atoms with van der Waals surface area (Å²) >= 11 is 1.90. The van der Waals surface area contributed by atoms with Gasteiger partial charge in [-0.25, -0.2) is 8.42 Å². The minimum Gasteiger partial charge on any atom is -0.305 e. The molecule has 5 heteroatoms. The lowest BCUT2D eigenvalue weighted by molar-refractivity contribution is 0.336. The molecule has 1 atom stereocenters. The minimum atomic E-state index is -2.86. The summed E-state index contributed by atoms with van der Waals surface area (Å²) in [5.74, 6) is 1.86. The monoisotopic (exact) mass is 285 g/mol. The molecule has 0 saturated carbocycles. The van der Waals surface area contributed by atoms with Crippen LogP contribution in [-0.4, -0.2) is 51.2 Å².